The first kappa shape index (κ1) is 20.0. The molecule has 0 spiro atoms. The number of nitrogens with zero attached hydrogens (tertiary/aromatic N) is 3. The van der Waals surface area contributed by atoms with E-state index in [-0.39, 0.29) is 18.3 Å². The molecule has 1 amide bonds. The summed E-state index contributed by atoms with van der Waals surface area (Å²) >= 11 is 0. The van der Waals surface area contributed by atoms with Crippen molar-refractivity contribution in [1.29, 1.82) is 0 Å². The number of halogens is 1. The van der Waals surface area contributed by atoms with Crippen LogP contribution in [-0.2, 0) is 9.53 Å². The van der Waals surface area contributed by atoms with Crippen LogP contribution in [0.5, 0.6) is 0 Å². The molecular weight excluding hydrogens is 340 g/mol. The first-order valence-corrected chi connectivity index (χ1v) is 8.86. The Morgan fingerprint density at radius 3 is 2.08 bits per heavy atom. The SMILES string of the molecule is CC(=O)Nc1ccc(N2CCN(CCN3CCOCC3)CC2)cc1.Cl. The number of carbonyl (C=O) groups is 1. The summed E-state index contributed by atoms with van der Waals surface area (Å²) in [6, 6.07) is 8.13. The van der Waals surface area contributed by atoms with Crippen molar-refractivity contribution in [3.63, 3.8) is 0 Å². The Hall–Kier alpha value is -1.34. The number of piperazine rings is 1. The van der Waals surface area contributed by atoms with Gasteiger partial charge in [-0.15, -0.1) is 12.4 Å². The first-order valence-electron chi connectivity index (χ1n) is 8.86. The number of ether oxygens (including phenoxy) is 1. The second-order valence-corrected chi connectivity index (χ2v) is 6.51. The number of anilines is 2. The van der Waals surface area contributed by atoms with E-state index in [9.17, 15) is 4.79 Å². The quantitative estimate of drug-likeness (QED) is 0.854. The molecule has 6 nitrogen and oxygen atoms in total. The van der Waals surface area contributed by atoms with Crippen molar-refractivity contribution in [1.82, 2.24) is 9.80 Å². The fourth-order valence-corrected chi connectivity index (χ4v) is 3.30. The van der Waals surface area contributed by atoms with Gasteiger partial charge in [0.1, 0.15) is 0 Å². The van der Waals surface area contributed by atoms with E-state index in [1.54, 1.807) is 0 Å². The van der Waals surface area contributed by atoms with Crippen LogP contribution < -0.4 is 10.2 Å². The van der Waals surface area contributed by atoms with Crippen molar-refractivity contribution in [3.8, 4) is 0 Å². The van der Waals surface area contributed by atoms with Gasteiger partial charge >= 0.3 is 0 Å². The molecule has 140 valence electrons. The molecule has 2 aliphatic rings. The van der Waals surface area contributed by atoms with Crippen LogP contribution in [0.4, 0.5) is 11.4 Å². The number of hydrogen-bond donors (Lipinski definition) is 1. The number of rotatable bonds is 5. The van der Waals surface area contributed by atoms with Crippen LogP contribution in [0.15, 0.2) is 24.3 Å². The lowest BCUT2D eigenvalue weighted by Gasteiger charge is -2.37. The molecule has 1 aromatic rings. The van der Waals surface area contributed by atoms with Gasteiger partial charge in [-0.1, -0.05) is 0 Å². The van der Waals surface area contributed by atoms with Gasteiger partial charge in [0.25, 0.3) is 0 Å². The van der Waals surface area contributed by atoms with Crippen LogP contribution in [0.1, 0.15) is 6.92 Å². The molecule has 0 radical (unpaired) electrons. The maximum Gasteiger partial charge on any atom is 0.221 e. The monoisotopic (exact) mass is 368 g/mol. The van der Waals surface area contributed by atoms with E-state index in [1.807, 2.05) is 12.1 Å². The molecule has 2 aliphatic heterocycles. The molecule has 2 heterocycles. The summed E-state index contributed by atoms with van der Waals surface area (Å²) in [5, 5.41) is 2.81. The maximum absolute atomic E-state index is 11.1. The summed E-state index contributed by atoms with van der Waals surface area (Å²) in [5.74, 6) is -0.0309. The van der Waals surface area contributed by atoms with Crippen LogP contribution in [0.3, 0.4) is 0 Å². The fraction of sp³-hybridized carbons (Fsp3) is 0.611. The van der Waals surface area contributed by atoms with Gasteiger partial charge < -0.3 is 15.0 Å². The molecular formula is C18H29ClN4O2. The zero-order valence-corrected chi connectivity index (χ0v) is 15.8. The van der Waals surface area contributed by atoms with E-state index in [2.05, 4.69) is 32.1 Å². The van der Waals surface area contributed by atoms with E-state index < -0.39 is 0 Å². The van der Waals surface area contributed by atoms with Gasteiger partial charge in [0, 0.05) is 70.7 Å². The molecule has 3 rings (SSSR count). The Balaban J connectivity index is 0.00000225. The number of benzene rings is 1. The third-order valence-electron chi connectivity index (χ3n) is 4.76. The van der Waals surface area contributed by atoms with Gasteiger partial charge in [-0.2, -0.15) is 0 Å². The normalized spacial score (nSPS) is 19.3. The van der Waals surface area contributed by atoms with Gasteiger partial charge in [-0.3, -0.25) is 14.6 Å². The molecule has 0 unspecified atom stereocenters. The summed E-state index contributed by atoms with van der Waals surface area (Å²) in [6.45, 7) is 12.1. The third-order valence-corrected chi connectivity index (χ3v) is 4.76. The van der Waals surface area contributed by atoms with E-state index in [1.165, 1.54) is 12.6 Å². The Bertz CT molecular complexity index is 526. The summed E-state index contributed by atoms with van der Waals surface area (Å²) in [6.07, 6.45) is 0. The van der Waals surface area contributed by atoms with Crippen LogP contribution in [0.2, 0.25) is 0 Å². The second kappa shape index (κ2) is 9.97. The largest absolute Gasteiger partial charge is 0.379 e. The third kappa shape index (κ3) is 6.15. The van der Waals surface area contributed by atoms with Crippen molar-refractivity contribution >= 4 is 29.7 Å². The Kier molecular flexibility index (Phi) is 7.96. The Labute approximate surface area is 156 Å². The van der Waals surface area contributed by atoms with E-state index >= 15 is 0 Å². The molecule has 2 fully saturated rings. The van der Waals surface area contributed by atoms with Gasteiger partial charge in [0.15, 0.2) is 0 Å². The molecule has 7 heteroatoms. The highest BCUT2D eigenvalue weighted by Crippen LogP contribution is 2.19. The minimum absolute atomic E-state index is 0. The highest BCUT2D eigenvalue weighted by atomic mass is 35.5. The molecule has 0 aliphatic carbocycles. The number of nitrogens with one attached hydrogen (secondary N) is 1. The zero-order valence-electron chi connectivity index (χ0n) is 14.9. The molecule has 0 aromatic heterocycles. The predicted octanol–water partition coefficient (Wildman–Crippen LogP) is 1.52. The van der Waals surface area contributed by atoms with Crippen LogP contribution >= 0.6 is 12.4 Å². The predicted molar refractivity (Wildman–Crippen MR) is 104 cm³/mol. The average molecular weight is 369 g/mol. The topological polar surface area (TPSA) is 48.1 Å². The number of amides is 1. The van der Waals surface area contributed by atoms with Gasteiger partial charge in [-0.25, -0.2) is 0 Å². The molecule has 0 atom stereocenters. The van der Waals surface area contributed by atoms with Crippen molar-refractivity contribution in [2.45, 2.75) is 6.92 Å². The Morgan fingerprint density at radius 1 is 0.960 bits per heavy atom. The molecule has 25 heavy (non-hydrogen) atoms. The molecule has 2 saturated heterocycles. The zero-order chi connectivity index (χ0) is 16.8. The van der Waals surface area contributed by atoms with E-state index in [4.69, 9.17) is 4.74 Å². The molecule has 1 N–H and O–H groups in total. The minimum atomic E-state index is -0.0309. The van der Waals surface area contributed by atoms with Crippen molar-refractivity contribution in [2.24, 2.45) is 0 Å². The van der Waals surface area contributed by atoms with Gasteiger partial charge in [0.2, 0.25) is 5.91 Å². The average Bonchev–Trinajstić information content (AvgIpc) is 2.62. The second-order valence-electron chi connectivity index (χ2n) is 6.51. The molecule has 1 aromatic carbocycles. The summed E-state index contributed by atoms with van der Waals surface area (Å²) in [7, 11) is 0. The standard InChI is InChI=1S/C18H28N4O2.ClH/c1-16(23)19-17-2-4-18(5-3-17)22-10-8-20(9-11-22)6-7-21-12-14-24-15-13-21;/h2-5H,6-15H2,1H3,(H,19,23);1H. The lowest BCUT2D eigenvalue weighted by Crippen LogP contribution is -2.49. The fourth-order valence-electron chi connectivity index (χ4n) is 3.30. The minimum Gasteiger partial charge on any atom is -0.379 e. The van der Waals surface area contributed by atoms with Crippen molar-refractivity contribution < 1.29 is 9.53 Å². The summed E-state index contributed by atoms with van der Waals surface area (Å²) < 4.78 is 5.40. The molecule has 0 saturated carbocycles. The van der Waals surface area contributed by atoms with E-state index in [0.29, 0.717) is 0 Å². The lowest BCUT2D eigenvalue weighted by molar-refractivity contribution is -0.114. The Morgan fingerprint density at radius 2 is 1.52 bits per heavy atom. The maximum atomic E-state index is 11.1. The smallest absolute Gasteiger partial charge is 0.221 e. The van der Waals surface area contributed by atoms with Crippen LogP contribution in [-0.4, -0.2) is 81.3 Å². The van der Waals surface area contributed by atoms with Crippen LogP contribution in [0, 0.1) is 0 Å². The van der Waals surface area contributed by atoms with Crippen molar-refractivity contribution in [2.75, 3.05) is 75.8 Å². The highest BCUT2D eigenvalue weighted by Gasteiger charge is 2.18. The highest BCUT2D eigenvalue weighted by molar-refractivity contribution is 5.88. The van der Waals surface area contributed by atoms with Crippen molar-refractivity contribution in [3.05, 3.63) is 24.3 Å². The van der Waals surface area contributed by atoms with E-state index in [0.717, 1.165) is 71.3 Å². The first-order chi connectivity index (χ1) is 11.7. The lowest BCUT2D eigenvalue weighted by atomic mass is 10.2. The van der Waals surface area contributed by atoms with Crippen LogP contribution in [0.25, 0.3) is 0 Å². The summed E-state index contributed by atoms with van der Waals surface area (Å²) in [5.41, 5.74) is 2.09. The van der Waals surface area contributed by atoms with Gasteiger partial charge in [0.05, 0.1) is 13.2 Å². The number of morpholine rings is 1. The number of hydrogen-bond acceptors (Lipinski definition) is 5. The summed E-state index contributed by atoms with van der Waals surface area (Å²) in [4.78, 5) is 18.5. The molecule has 0 bridgehead atoms. The van der Waals surface area contributed by atoms with Gasteiger partial charge in [-0.05, 0) is 24.3 Å². The number of carbonyl (C=O) groups excluding carboxylic acids is 1.